The maximum atomic E-state index is 4.57. The van der Waals surface area contributed by atoms with Gasteiger partial charge in [-0.15, -0.1) is 0 Å². The van der Waals surface area contributed by atoms with Crippen LogP contribution in [0.15, 0.2) is 12.4 Å². The molecule has 1 aromatic heterocycles. The van der Waals surface area contributed by atoms with Crippen LogP contribution in [-0.2, 0) is 0 Å². The Morgan fingerprint density at radius 1 is 1.10 bits per heavy atom. The minimum Gasteiger partial charge on any atom is -0.309 e. The molecule has 0 radical (unpaired) electrons. The van der Waals surface area contributed by atoms with E-state index in [0.717, 1.165) is 30.3 Å². The van der Waals surface area contributed by atoms with E-state index in [2.05, 4.69) is 36.1 Å². The van der Waals surface area contributed by atoms with E-state index in [1.165, 1.54) is 32.1 Å². The zero-order chi connectivity index (χ0) is 14.8. The Bertz CT molecular complexity index is 348. The molecular formula is C17H31N3. The zero-order valence-corrected chi connectivity index (χ0v) is 13.7. The minimum absolute atomic E-state index is 0.352. The van der Waals surface area contributed by atoms with Gasteiger partial charge in [-0.3, -0.25) is 9.97 Å². The molecule has 0 bridgehead atoms. The second kappa shape index (κ2) is 9.87. The molecule has 1 aromatic rings. The molecule has 0 aromatic carbocycles. The quantitative estimate of drug-likeness (QED) is 0.687. The van der Waals surface area contributed by atoms with Gasteiger partial charge in [-0.05, 0) is 32.2 Å². The second-order valence-corrected chi connectivity index (χ2v) is 5.74. The molecule has 0 saturated carbocycles. The summed E-state index contributed by atoms with van der Waals surface area (Å²) in [4.78, 5) is 8.98. The Labute approximate surface area is 124 Å². The lowest BCUT2D eigenvalue weighted by molar-refractivity contribution is 0.349. The fourth-order valence-electron chi connectivity index (χ4n) is 2.52. The van der Waals surface area contributed by atoms with Crippen molar-refractivity contribution in [2.45, 2.75) is 72.3 Å². The molecule has 3 heteroatoms. The van der Waals surface area contributed by atoms with Crippen molar-refractivity contribution in [1.82, 2.24) is 15.3 Å². The van der Waals surface area contributed by atoms with Crippen LogP contribution in [0.1, 0.15) is 76.7 Å². The Kier molecular flexibility index (Phi) is 8.43. The van der Waals surface area contributed by atoms with Crippen LogP contribution in [0.5, 0.6) is 0 Å². The number of rotatable bonds is 10. The molecule has 3 nitrogen and oxygen atoms in total. The highest BCUT2D eigenvalue weighted by molar-refractivity contribution is 5.06. The van der Waals surface area contributed by atoms with Gasteiger partial charge in [-0.2, -0.15) is 0 Å². The molecule has 0 aliphatic carbocycles. The van der Waals surface area contributed by atoms with Crippen molar-refractivity contribution in [3.63, 3.8) is 0 Å². The highest BCUT2D eigenvalue weighted by Crippen LogP contribution is 2.25. The third kappa shape index (κ3) is 6.00. The molecule has 1 heterocycles. The fraction of sp³-hybridized carbons (Fsp3) is 0.765. The van der Waals surface area contributed by atoms with Crippen LogP contribution in [0.25, 0.3) is 0 Å². The van der Waals surface area contributed by atoms with Gasteiger partial charge in [0.05, 0.1) is 23.6 Å². The van der Waals surface area contributed by atoms with Gasteiger partial charge in [0.1, 0.15) is 0 Å². The third-order valence-electron chi connectivity index (χ3n) is 3.91. The molecule has 0 saturated heterocycles. The number of nitrogens with zero attached hydrogens (tertiary/aromatic N) is 2. The first-order chi connectivity index (χ1) is 9.71. The van der Waals surface area contributed by atoms with Crippen molar-refractivity contribution in [3.8, 4) is 0 Å². The van der Waals surface area contributed by atoms with Gasteiger partial charge in [-0.25, -0.2) is 0 Å². The first-order valence-electron chi connectivity index (χ1n) is 8.23. The maximum absolute atomic E-state index is 4.57. The lowest BCUT2D eigenvalue weighted by atomic mass is 9.91. The van der Waals surface area contributed by atoms with Crippen molar-refractivity contribution in [1.29, 1.82) is 0 Å². The smallest absolute Gasteiger partial charge is 0.0756 e. The SMILES string of the molecule is CCCCC(CC)CC(NCCC)c1cnc(C)cn1. The first-order valence-corrected chi connectivity index (χ1v) is 8.23. The summed E-state index contributed by atoms with van der Waals surface area (Å²) in [5.41, 5.74) is 2.08. The summed E-state index contributed by atoms with van der Waals surface area (Å²) < 4.78 is 0. The predicted molar refractivity (Wildman–Crippen MR) is 85.7 cm³/mol. The Morgan fingerprint density at radius 3 is 2.45 bits per heavy atom. The van der Waals surface area contributed by atoms with Crippen molar-refractivity contribution < 1.29 is 0 Å². The summed E-state index contributed by atoms with van der Waals surface area (Å²) in [5.74, 6) is 0.785. The summed E-state index contributed by atoms with van der Waals surface area (Å²) in [6.07, 6.45) is 11.3. The van der Waals surface area contributed by atoms with Crippen molar-refractivity contribution >= 4 is 0 Å². The Morgan fingerprint density at radius 2 is 1.90 bits per heavy atom. The molecule has 2 atom stereocenters. The summed E-state index contributed by atoms with van der Waals surface area (Å²) in [7, 11) is 0. The Balaban J connectivity index is 2.69. The third-order valence-corrected chi connectivity index (χ3v) is 3.91. The van der Waals surface area contributed by atoms with Gasteiger partial charge in [-0.1, -0.05) is 46.5 Å². The topological polar surface area (TPSA) is 37.8 Å². The predicted octanol–water partition coefficient (Wildman–Crippen LogP) is 4.43. The van der Waals surface area contributed by atoms with Crippen molar-refractivity contribution in [2.24, 2.45) is 5.92 Å². The van der Waals surface area contributed by atoms with Gasteiger partial charge in [0.2, 0.25) is 0 Å². The van der Waals surface area contributed by atoms with Crippen LogP contribution in [0, 0.1) is 12.8 Å². The van der Waals surface area contributed by atoms with E-state index in [-0.39, 0.29) is 0 Å². The summed E-state index contributed by atoms with van der Waals surface area (Å²) in [6.45, 7) is 9.81. The highest BCUT2D eigenvalue weighted by atomic mass is 14.9. The largest absolute Gasteiger partial charge is 0.309 e. The average Bonchev–Trinajstić information content (AvgIpc) is 2.48. The molecule has 0 aliphatic rings. The molecule has 0 spiro atoms. The normalized spacial score (nSPS) is 14.2. The van der Waals surface area contributed by atoms with Crippen LogP contribution >= 0.6 is 0 Å². The fourth-order valence-corrected chi connectivity index (χ4v) is 2.52. The minimum atomic E-state index is 0.352. The Hall–Kier alpha value is -0.960. The molecule has 20 heavy (non-hydrogen) atoms. The second-order valence-electron chi connectivity index (χ2n) is 5.74. The average molecular weight is 277 g/mol. The van der Waals surface area contributed by atoms with E-state index in [1.54, 1.807) is 0 Å². The van der Waals surface area contributed by atoms with Crippen LogP contribution in [0.4, 0.5) is 0 Å². The van der Waals surface area contributed by atoms with Gasteiger partial charge in [0.25, 0.3) is 0 Å². The summed E-state index contributed by atoms with van der Waals surface area (Å²) in [5, 5.41) is 3.64. The summed E-state index contributed by atoms with van der Waals surface area (Å²) >= 11 is 0. The highest BCUT2D eigenvalue weighted by Gasteiger charge is 2.17. The van der Waals surface area contributed by atoms with Crippen molar-refractivity contribution in [3.05, 3.63) is 23.8 Å². The monoisotopic (exact) mass is 277 g/mol. The number of aryl methyl sites for hydroxylation is 1. The molecule has 0 amide bonds. The van der Waals surface area contributed by atoms with Crippen LogP contribution < -0.4 is 5.32 Å². The van der Waals surface area contributed by atoms with Gasteiger partial charge < -0.3 is 5.32 Å². The number of aromatic nitrogens is 2. The van der Waals surface area contributed by atoms with E-state index < -0.39 is 0 Å². The van der Waals surface area contributed by atoms with Crippen LogP contribution in [0.3, 0.4) is 0 Å². The number of unbranched alkanes of at least 4 members (excludes halogenated alkanes) is 1. The molecule has 0 aliphatic heterocycles. The van der Waals surface area contributed by atoms with E-state index in [4.69, 9.17) is 0 Å². The van der Waals surface area contributed by atoms with E-state index in [0.29, 0.717) is 6.04 Å². The van der Waals surface area contributed by atoms with Crippen LogP contribution in [0.2, 0.25) is 0 Å². The summed E-state index contributed by atoms with van der Waals surface area (Å²) in [6, 6.07) is 0.352. The van der Waals surface area contributed by atoms with Crippen molar-refractivity contribution in [2.75, 3.05) is 6.54 Å². The lowest BCUT2D eigenvalue weighted by Crippen LogP contribution is -2.25. The molecule has 2 unspecified atom stereocenters. The van der Waals surface area contributed by atoms with E-state index >= 15 is 0 Å². The van der Waals surface area contributed by atoms with Gasteiger partial charge in [0.15, 0.2) is 0 Å². The van der Waals surface area contributed by atoms with Gasteiger partial charge >= 0.3 is 0 Å². The standard InChI is InChI=1S/C17H31N3/c1-5-8-9-15(7-3)11-16(18-10-6-2)17-13-19-14(4)12-20-17/h12-13,15-16,18H,5-11H2,1-4H3. The van der Waals surface area contributed by atoms with E-state index in [9.17, 15) is 0 Å². The molecule has 114 valence electrons. The number of nitrogens with one attached hydrogen (secondary N) is 1. The van der Waals surface area contributed by atoms with Gasteiger partial charge in [0, 0.05) is 6.20 Å². The zero-order valence-electron chi connectivity index (χ0n) is 13.7. The lowest BCUT2D eigenvalue weighted by Gasteiger charge is -2.23. The molecular weight excluding hydrogens is 246 g/mol. The maximum Gasteiger partial charge on any atom is 0.0756 e. The van der Waals surface area contributed by atoms with Crippen LogP contribution in [-0.4, -0.2) is 16.5 Å². The van der Waals surface area contributed by atoms with E-state index in [1.807, 2.05) is 19.3 Å². The first kappa shape index (κ1) is 17.1. The number of hydrogen-bond donors (Lipinski definition) is 1. The number of hydrogen-bond acceptors (Lipinski definition) is 3. The molecule has 0 fully saturated rings. The molecule has 1 rings (SSSR count). The molecule has 1 N–H and O–H groups in total.